The van der Waals surface area contributed by atoms with E-state index >= 15 is 0 Å². The van der Waals surface area contributed by atoms with Gasteiger partial charge in [-0.25, -0.2) is 0 Å². The lowest BCUT2D eigenvalue weighted by atomic mass is 11.8. The Morgan fingerprint density at radius 3 is 1.69 bits per heavy atom. The van der Waals surface area contributed by atoms with Crippen LogP contribution >= 0.6 is 0 Å². The van der Waals surface area contributed by atoms with Gasteiger partial charge < -0.3 is 40.1 Å². The Morgan fingerprint density at radius 2 is 1.41 bits per heavy atom. The Hall–Kier alpha value is 1.81. The minimum absolute atomic E-state index is 0.601. The molecule has 0 aromatic carbocycles. The minimum Gasteiger partial charge on any atom is -0.439 e. The standard InChI is InChI=1S/C10H42O9Si10/c1-15-27(10,20)28(17-23(2)13,19-26(8,9)18-24(3,4)5)29(22-12,16-21-11)25(6,7)14/h11-14,23H,21-22H2,1-10,20H3. The summed E-state index contributed by atoms with van der Waals surface area (Å²) in [6, 6.07) is 0. The molecule has 0 aliphatic carbocycles. The van der Waals surface area contributed by atoms with Gasteiger partial charge in [-0.2, -0.15) is 0 Å². The van der Waals surface area contributed by atoms with E-state index in [0.717, 1.165) is 0 Å². The zero-order chi connectivity index (χ0) is 23.5. The second-order valence-electron chi connectivity index (χ2n) is 9.58. The first-order chi connectivity index (χ1) is 12.8. The average Bonchev–Trinajstić information content (AvgIpc) is 2.47. The molecule has 0 bridgehead atoms. The molecule has 19 heteroatoms. The third-order valence-electron chi connectivity index (χ3n) is 4.63. The van der Waals surface area contributed by atoms with Crippen LogP contribution in [0.15, 0.2) is 0 Å². The molecule has 0 aromatic heterocycles. The van der Waals surface area contributed by atoms with Gasteiger partial charge in [0.1, 0.15) is 0 Å². The van der Waals surface area contributed by atoms with Gasteiger partial charge in [-0.15, -0.1) is 0 Å². The van der Waals surface area contributed by atoms with Crippen molar-refractivity contribution in [3.63, 3.8) is 0 Å². The second kappa shape index (κ2) is 10.8. The summed E-state index contributed by atoms with van der Waals surface area (Å²) in [6.45, 7) is 13.8. The van der Waals surface area contributed by atoms with Gasteiger partial charge in [0, 0.05) is 16.9 Å². The van der Waals surface area contributed by atoms with Crippen molar-refractivity contribution in [3.05, 3.63) is 0 Å². The fourth-order valence-electron chi connectivity index (χ4n) is 3.56. The van der Waals surface area contributed by atoms with Crippen LogP contribution in [0.2, 0.25) is 58.9 Å². The Morgan fingerprint density at radius 1 is 0.931 bits per heavy atom. The summed E-state index contributed by atoms with van der Waals surface area (Å²) in [4.78, 5) is 42.7. The van der Waals surface area contributed by atoms with Gasteiger partial charge in [0.05, 0.1) is 0 Å². The van der Waals surface area contributed by atoms with Gasteiger partial charge >= 0.3 is 25.4 Å². The molecule has 0 rings (SSSR count). The van der Waals surface area contributed by atoms with E-state index in [1.54, 1.807) is 26.8 Å². The summed E-state index contributed by atoms with van der Waals surface area (Å²) in [5, 5.41) is 0. The zero-order valence-electron chi connectivity index (χ0n) is 19.8. The summed E-state index contributed by atoms with van der Waals surface area (Å²) in [5.74, 6) is 0. The first-order valence-electron chi connectivity index (χ1n) is 9.66. The molecule has 0 spiro atoms. The molecule has 9 nitrogen and oxygen atoms in total. The molecule has 4 N–H and O–H groups in total. The Labute approximate surface area is 190 Å². The molecule has 0 saturated heterocycles. The summed E-state index contributed by atoms with van der Waals surface area (Å²) in [6.07, 6.45) is 0. The van der Waals surface area contributed by atoms with E-state index in [1.165, 1.54) is 0 Å². The molecule has 0 aliphatic heterocycles. The van der Waals surface area contributed by atoms with Gasteiger partial charge in [0.25, 0.3) is 16.9 Å². The van der Waals surface area contributed by atoms with E-state index in [9.17, 15) is 19.2 Å². The van der Waals surface area contributed by atoms with Crippen molar-refractivity contribution in [2.24, 2.45) is 0 Å². The highest BCUT2D eigenvalue weighted by molar-refractivity contribution is 7.92. The Balaban J connectivity index is 7.08. The first kappa shape index (κ1) is 30.8. The van der Waals surface area contributed by atoms with E-state index in [4.69, 9.17) is 20.9 Å². The monoisotopic (exact) mass is 586 g/mol. The summed E-state index contributed by atoms with van der Waals surface area (Å²) in [5.41, 5.74) is 0. The molecular weight excluding hydrogens is 545 g/mol. The molecule has 0 heterocycles. The maximum absolute atomic E-state index is 11.4. The maximum Gasteiger partial charge on any atom is 0.337 e. The highest BCUT2D eigenvalue weighted by Gasteiger charge is 2.77. The van der Waals surface area contributed by atoms with E-state index in [-0.39, 0.29) is 0 Å². The van der Waals surface area contributed by atoms with Crippen LogP contribution in [0.3, 0.4) is 0 Å². The third kappa shape index (κ3) is 7.40. The first-order valence-corrected chi connectivity index (χ1v) is 37.8. The maximum atomic E-state index is 11.4. The Kier molecular flexibility index (Phi) is 11.5. The SMILES string of the molecule is CO[Si](C)([SiH3])[Si](O[SiH](C)O)(O[Si](C)(C)O[Si](C)(C)C)[Si](O[SiH2]O)([SiH2]O)[Si](C)(C)O. The van der Waals surface area contributed by atoms with Crippen LogP contribution in [0.5, 0.6) is 0 Å². The molecule has 0 saturated carbocycles. The molecule has 0 aromatic rings. The van der Waals surface area contributed by atoms with E-state index in [2.05, 4.69) is 19.6 Å². The average molecular weight is 587 g/mol. The lowest BCUT2D eigenvalue weighted by Crippen LogP contribution is -2.93. The molecule has 0 amide bonds. The topological polar surface area (TPSA) is 127 Å². The summed E-state index contributed by atoms with van der Waals surface area (Å²) >= 11 is 0. The molecule has 4 atom stereocenters. The van der Waals surface area contributed by atoms with Crippen molar-refractivity contribution >= 4 is 84.9 Å². The molecular formula is C10H42O9Si10. The van der Waals surface area contributed by atoms with Gasteiger partial charge in [0.15, 0.2) is 17.6 Å². The molecule has 0 aliphatic rings. The molecule has 0 radical (unpaired) electrons. The van der Waals surface area contributed by atoms with E-state index in [1.807, 2.05) is 19.6 Å². The van der Waals surface area contributed by atoms with Crippen molar-refractivity contribution in [3.8, 4) is 0 Å². The second-order valence-corrected chi connectivity index (χ2v) is 67.5. The van der Waals surface area contributed by atoms with Crippen LogP contribution in [-0.2, 0) is 20.9 Å². The van der Waals surface area contributed by atoms with Gasteiger partial charge in [-0.05, 0) is 58.9 Å². The van der Waals surface area contributed by atoms with Crippen molar-refractivity contribution in [2.75, 3.05) is 7.11 Å². The van der Waals surface area contributed by atoms with Crippen LogP contribution in [0.4, 0.5) is 0 Å². The highest BCUT2D eigenvalue weighted by Crippen LogP contribution is 2.38. The summed E-state index contributed by atoms with van der Waals surface area (Å²) < 4.78 is 31.9. The van der Waals surface area contributed by atoms with Crippen molar-refractivity contribution in [1.82, 2.24) is 0 Å². The zero-order valence-corrected chi connectivity index (χ0v) is 31.8. The Bertz CT molecular complexity index is 525. The molecule has 0 fully saturated rings. The van der Waals surface area contributed by atoms with E-state index in [0.29, 0.717) is 9.76 Å². The quantitative estimate of drug-likeness (QED) is 0.166. The largest absolute Gasteiger partial charge is 0.439 e. The third-order valence-corrected chi connectivity index (χ3v) is 97.1. The van der Waals surface area contributed by atoms with Gasteiger partial charge in [-0.1, -0.05) is 0 Å². The van der Waals surface area contributed by atoms with Crippen molar-refractivity contribution in [1.29, 1.82) is 0 Å². The number of hydrogen-bond acceptors (Lipinski definition) is 9. The van der Waals surface area contributed by atoms with Gasteiger partial charge in [-0.3, -0.25) is 0 Å². The lowest BCUT2D eigenvalue weighted by molar-refractivity contribution is 0.309. The van der Waals surface area contributed by atoms with Crippen LogP contribution in [0.1, 0.15) is 0 Å². The normalized spacial score (nSPS) is 22.1. The smallest absolute Gasteiger partial charge is 0.337 e. The predicted molar refractivity (Wildman–Crippen MR) is 142 cm³/mol. The minimum atomic E-state index is -3.59. The van der Waals surface area contributed by atoms with Crippen LogP contribution in [-0.4, -0.2) is 111 Å². The molecule has 4 unspecified atom stereocenters. The molecule has 29 heavy (non-hydrogen) atoms. The fraction of sp³-hybridized carbons (Fsp3) is 1.00. The highest BCUT2D eigenvalue weighted by atomic mass is 30.1. The van der Waals surface area contributed by atoms with Crippen LogP contribution in [0, 0.1) is 0 Å². The summed E-state index contributed by atoms with van der Waals surface area (Å²) in [7, 11) is -18.6. The van der Waals surface area contributed by atoms with Crippen molar-refractivity contribution in [2.45, 2.75) is 58.9 Å². The number of rotatable bonds is 13. The fourth-order valence-corrected chi connectivity index (χ4v) is 151. The van der Waals surface area contributed by atoms with E-state index < -0.39 is 75.1 Å². The van der Waals surface area contributed by atoms with Crippen LogP contribution in [0.25, 0.3) is 0 Å². The number of hydrogen-bond donors (Lipinski definition) is 4. The predicted octanol–water partition coefficient (Wildman–Crippen LogP) is -3.10. The molecule has 176 valence electrons. The van der Waals surface area contributed by atoms with Crippen LogP contribution < -0.4 is 0 Å². The lowest BCUT2D eigenvalue weighted by Gasteiger charge is -2.56. The van der Waals surface area contributed by atoms with Gasteiger partial charge in [0.2, 0.25) is 15.2 Å². The van der Waals surface area contributed by atoms with Crippen molar-refractivity contribution < 1.29 is 40.1 Å².